The minimum absolute atomic E-state index is 0.156. The molecule has 1 fully saturated rings. The Hall–Kier alpha value is -2.25. The zero-order valence-electron chi connectivity index (χ0n) is 15.9. The highest BCUT2D eigenvalue weighted by atomic mass is 32.2. The van der Waals surface area contributed by atoms with E-state index in [0.29, 0.717) is 31.6 Å². The van der Waals surface area contributed by atoms with E-state index in [1.54, 1.807) is 31.2 Å². The first-order valence-corrected chi connectivity index (χ1v) is 11.0. The molecule has 1 saturated heterocycles. The Balaban J connectivity index is 1.69. The Bertz CT molecular complexity index is 937. The van der Waals surface area contributed by atoms with E-state index in [2.05, 4.69) is 5.32 Å². The second-order valence-electron chi connectivity index (χ2n) is 7.07. The van der Waals surface area contributed by atoms with Crippen molar-refractivity contribution in [3.05, 3.63) is 65.0 Å². The number of amides is 1. The maximum atomic E-state index is 12.9. The van der Waals surface area contributed by atoms with Crippen LogP contribution in [-0.4, -0.2) is 38.3 Å². The molecule has 0 atom stereocenters. The minimum atomic E-state index is -3.58. The molecular formula is C21H25FN2O3S. The van der Waals surface area contributed by atoms with Crippen molar-refractivity contribution in [2.24, 2.45) is 0 Å². The third-order valence-electron chi connectivity index (χ3n) is 5.02. The number of nitrogens with zero attached hydrogens (tertiary/aromatic N) is 1. The number of benzene rings is 2. The molecule has 1 amide bonds. The predicted octanol–water partition coefficient (Wildman–Crippen LogP) is 3.28. The number of hydrogen-bond acceptors (Lipinski definition) is 3. The minimum Gasteiger partial charge on any atom is -0.352 e. The summed E-state index contributed by atoms with van der Waals surface area (Å²) in [6, 6.07) is 10.8. The third kappa shape index (κ3) is 4.77. The summed E-state index contributed by atoms with van der Waals surface area (Å²) in [5.41, 5.74) is 1.99. The lowest BCUT2D eigenvalue weighted by atomic mass is 10.1. The van der Waals surface area contributed by atoms with Crippen molar-refractivity contribution in [1.29, 1.82) is 0 Å². The van der Waals surface area contributed by atoms with Crippen LogP contribution >= 0.6 is 0 Å². The Kier molecular flexibility index (Phi) is 6.46. The van der Waals surface area contributed by atoms with Gasteiger partial charge in [0.1, 0.15) is 5.82 Å². The Morgan fingerprint density at radius 1 is 1.07 bits per heavy atom. The first-order valence-electron chi connectivity index (χ1n) is 9.51. The summed E-state index contributed by atoms with van der Waals surface area (Å²) in [4.78, 5) is 12.7. The number of carbonyl (C=O) groups excluding carboxylic acids is 1. The molecule has 1 N–H and O–H groups in total. The van der Waals surface area contributed by atoms with Gasteiger partial charge in [0, 0.05) is 25.2 Å². The molecule has 2 aromatic rings. The lowest BCUT2D eigenvalue weighted by molar-refractivity contribution is 0.0953. The second-order valence-corrected chi connectivity index (χ2v) is 9.01. The molecule has 0 aliphatic carbocycles. The van der Waals surface area contributed by atoms with E-state index in [-0.39, 0.29) is 16.6 Å². The van der Waals surface area contributed by atoms with Gasteiger partial charge in [-0.25, -0.2) is 12.8 Å². The van der Waals surface area contributed by atoms with Gasteiger partial charge in [0.15, 0.2) is 0 Å². The molecule has 7 heteroatoms. The van der Waals surface area contributed by atoms with Crippen LogP contribution in [0.3, 0.4) is 0 Å². The van der Waals surface area contributed by atoms with Gasteiger partial charge in [-0.15, -0.1) is 0 Å². The smallest absolute Gasteiger partial charge is 0.251 e. The van der Waals surface area contributed by atoms with Crippen molar-refractivity contribution in [3.63, 3.8) is 0 Å². The number of rotatable bonds is 6. The highest BCUT2D eigenvalue weighted by Crippen LogP contribution is 2.22. The third-order valence-corrected chi connectivity index (χ3v) is 6.91. The van der Waals surface area contributed by atoms with Crippen LogP contribution in [-0.2, 0) is 16.4 Å². The first kappa shape index (κ1) is 20.5. The average molecular weight is 405 g/mol. The predicted molar refractivity (Wildman–Crippen MR) is 106 cm³/mol. The molecule has 0 unspecified atom stereocenters. The van der Waals surface area contributed by atoms with Gasteiger partial charge >= 0.3 is 0 Å². The Labute approximate surface area is 165 Å². The summed E-state index contributed by atoms with van der Waals surface area (Å²) < 4.78 is 40.2. The Morgan fingerprint density at radius 3 is 2.43 bits per heavy atom. The fraction of sp³-hybridized carbons (Fsp3) is 0.381. The van der Waals surface area contributed by atoms with E-state index in [9.17, 15) is 17.6 Å². The standard InChI is InChI=1S/C21H25FN2O3S/c1-16-5-10-19(28(26,27)24-13-3-2-4-14-24)15-20(16)21(25)23-12-11-17-6-8-18(22)9-7-17/h5-10,15H,2-4,11-14H2,1H3,(H,23,25). The molecule has 1 aliphatic heterocycles. The molecule has 150 valence electrons. The fourth-order valence-electron chi connectivity index (χ4n) is 3.33. The monoisotopic (exact) mass is 404 g/mol. The molecule has 0 aromatic heterocycles. The number of carbonyl (C=O) groups is 1. The van der Waals surface area contributed by atoms with E-state index in [0.717, 1.165) is 30.4 Å². The van der Waals surface area contributed by atoms with Crippen LogP contribution in [0.15, 0.2) is 47.4 Å². The topological polar surface area (TPSA) is 66.5 Å². The number of nitrogens with one attached hydrogen (secondary N) is 1. The van der Waals surface area contributed by atoms with Gasteiger partial charge in [-0.1, -0.05) is 24.6 Å². The number of halogens is 1. The largest absolute Gasteiger partial charge is 0.352 e. The highest BCUT2D eigenvalue weighted by molar-refractivity contribution is 7.89. The van der Waals surface area contributed by atoms with E-state index in [1.165, 1.54) is 22.5 Å². The van der Waals surface area contributed by atoms with Gasteiger partial charge in [-0.2, -0.15) is 4.31 Å². The highest BCUT2D eigenvalue weighted by Gasteiger charge is 2.27. The van der Waals surface area contributed by atoms with Crippen LogP contribution in [0.2, 0.25) is 0 Å². The van der Waals surface area contributed by atoms with E-state index in [1.807, 2.05) is 0 Å². The first-order chi connectivity index (χ1) is 13.4. The molecule has 28 heavy (non-hydrogen) atoms. The van der Waals surface area contributed by atoms with Crippen LogP contribution in [0.4, 0.5) is 4.39 Å². The molecule has 3 rings (SSSR count). The maximum absolute atomic E-state index is 12.9. The van der Waals surface area contributed by atoms with Crippen molar-refractivity contribution in [2.75, 3.05) is 19.6 Å². The number of aryl methyl sites for hydroxylation is 1. The van der Waals surface area contributed by atoms with Crippen molar-refractivity contribution in [2.45, 2.75) is 37.5 Å². The number of piperidine rings is 1. The summed E-state index contributed by atoms with van der Waals surface area (Å²) in [6.45, 7) is 3.21. The average Bonchev–Trinajstić information content (AvgIpc) is 2.70. The summed E-state index contributed by atoms with van der Waals surface area (Å²) in [5.74, 6) is -0.606. The fourth-order valence-corrected chi connectivity index (χ4v) is 4.87. The lowest BCUT2D eigenvalue weighted by Gasteiger charge is -2.26. The molecular weight excluding hydrogens is 379 g/mol. The second kappa shape index (κ2) is 8.84. The van der Waals surface area contributed by atoms with E-state index >= 15 is 0 Å². The zero-order chi connectivity index (χ0) is 20.1. The van der Waals surface area contributed by atoms with Crippen LogP contribution in [0.5, 0.6) is 0 Å². The van der Waals surface area contributed by atoms with E-state index in [4.69, 9.17) is 0 Å². The molecule has 0 bridgehead atoms. The van der Waals surface area contributed by atoms with Crippen LogP contribution in [0, 0.1) is 12.7 Å². The zero-order valence-corrected chi connectivity index (χ0v) is 16.8. The van der Waals surface area contributed by atoms with Gasteiger partial charge in [0.2, 0.25) is 10.0 Å². The van der Waals surface area contributed by atoms with Crippen LogP contribution < -0.4 is 5.32 Å². The van der Waals surface area contributed by atoms with Gasteiger partial charge in [-0.3, -0.25) is 4.79 Å². The molecule has 0 radical (unpaired) electrons. The van der Waals surface area contributed by atoms with Crippen LogP contribution in [0.1, 0.15) is 40.7 Å². The SMILES string of the molecule is Cc1ccc(S(=O)(=O)N2CCCCC2)cc1C(=O)NCCc1ccc(F)cc1. The Morgan fingerprint density at radius 2 is 1.75 bits per heavy atom. The summed E-state index contributed by atoms with van der Waals surface area (Å²) >= 11 is 0. The number of sulfonamides is 1. The molecule has 2 aromatic carbocycles. The summed E-state index contributed by atoms with van der Waals surface area (Å²) in [5, 5.41) is 2.82. The van der Waals surface area contributed by atoms with Gasteiger partial charge in [-0.05, 0) is 61.6 Å². The normalized spacial score (nSPS) is 15.4. The van der Waals surface area contributed by atoms with Gasteiger partial charge in [0.25, 0.3) is 5.91 Å². The van der Waals surface area contributed by atoms with Crippen molar-refractivity contribution in [3.8, 4) is 0 Å². The quantitative estimate of drug-likeness (QED) is 0.804. The van der Waals surface area contributed by atoms with Gasteiger partial charge < -0.3 is 5.32 Å². The van der Waals surface area contributed by atoms with Crippen molar-refractivity contribution < 1.29 is 17.6 Å². The molecule has 0 spiro atoms. The maximum Gasteiger partial charge on any atom is 0.251 e. The van der Waals surface area contributed by atoms with Crippen molar-refractivity contribution in [1.82, 2.24) is 9.62 Å². The van der Waals surface area contributed by atoms with E-state index < -0.39 is 10.0 Å². The van der Waals surface area contributed by atoms with Crippen molar-refractivity contribution >= 4 is 15.9 Å². The number of hydrogen-bond donors (Lipinski definition) is 1. The summed E-state index contributed by atoms with van der Waals surface area (Å²) in [6.07, 6.45) is 3.34. The van der Waals surface area contributed by atoms with Gasteiger partial charge in [0.05, 0.1) is 4.90 Å². The van der Waals surface area contributed by atoms with Crippen LogP contribution in [0.25, 0.3) is 0 Å². The summed E-state index contributed by atoms with van der Waals surface area (Å²) in [7, 11) is -3.58. The molecule has 0 saturated carbocycles. The molecule has 5 nitrogen and oxygen atoms in total. The molecule has 1 aliphatic rings. The lowest BCUT2D eigenvalue weighted by Crippen LogP contribution is -2.35. The molecule has 1 heterocycles.